The maximum absolute atomic E-state index is 11.8. The predicted octanol–water partition coefficient (Wildman–Crippen LogP) is 0.356. The van der Waals surface area contributed by atoms with Crippen molar-refractivity contribution in [3.05, 3.63) is 0 Å². The second kappa shape index (κ2) is 7.01. The van der Waals surface area contributed by atoms with E-state index >= 15 is 0 Å². The summed E-state index contributed by atoms with van der Waals surface area (Å²) in [6.45, 7) is 5.77. The highest BCUT2D eigenvalue weighted by molar-refractivity contribution is 7.84. The van der Waals surface area contributed by atoms with E-state index in [-0.39, 0.29) is 5.91 Å². The molecule has 0 aliphatic heterocycles. The lowest BCUT2D eigenvalue weighted by Crippen LogP contribution is -2.40. The molecule has 1 unspecified atom stereocenters. The average Bonchev–Trinajstić information content (AvgIpc) is 3.09. The molecule has 0 spiro atoms. The highest BCUT2D eigenvalue weighted by Crippen LogP contribution is 2.26. The Labute approximate surface area is 100 Å². The van der Waals surface area contributed by atoms with Crippen molar-refractivity contribution in [3.8, 4) is 0 Å². The van der Waals surface area contributed by atoms with Gasteiger partial charge < -0.3 is 10.2 Å². The topological polar surface area (TPSA) is 49.4 Å². The van der Waals surface area contributed by atoms with Gasteiger partial charge in [0.05, 0.1) is 6.54 Å². The lowest BCUT2D eigenvalue weighted by molar-refractivity contribution is -0.130. The van der Waals surface area contributed by atoms with Crippen molar-refractivity contribution in [3.63, 3.8) is 0 Å². The van der Waals surface area contributed by atoms with Crippen LogP contribution in [0, 0.1) is 0 Å². The minimum absolute atomic E-state index is 0.173. The Balaban J connectivity index is 2.11. The van der Waals surface area contributed by atoms with E-state index in [0.717, 1.165) is 19.4 Å². The molecule has 0 bridgehead atoms. The van der Waals surface area contributed by atoms with E-state index in [1.165, 1.54) is 0 Å². The number of nitrogens with one attached hydrogen (secondary N) is 1. The van der Waals surface area contributed by atoms with Gasteiger partial charge in [-0.25, -0.2) is 0 Å². The molecule has 1 N–H and O–H groups in total. The van der Waals surface area contributed by atoms with Crippen LogP contribution >= 0.6 is 0 Å². The minimum atomic E-state index is -0.738. The molecule has 0 aromatic carbocycles. The van der Waals surface area contributed by atoms with Crippen molar-refractivity contribution in [2.24, 2.45) is 0 Å². The fourth-order valence-electron chi connectivity index (χ4n) is 1.65. The maximum atomic E-state index is 11.8. The second-order valence-electron chi connectivity index (χ2n) is 4.02. The zero-order chi connectivity index (χ0) is 12.0. The van der Waals surface area contributed by atoms with Crippen LogP contribution in [-0.2, 0) is 15.6 Å². The highest BCUT2D eigenvalue weighted by Gasteiger charge is 2.30. The van der Waals surface area contributed by atoms with E-state index in [9.17, 15) is 9.00 Å². The van der Waals surface area contributed by atoms with Crippen molar-refractivity contribution in [1.29, 1.82) is 0 Å². The number of likely N-dealkylation sites (N-methyl/N-ethyl adjacent to an activating group) is 1. The Bertz CT molecular complexity index is 254. The first-order chi connectivity index (χ1) is 7.69. The molecular weight excluding hydrogens is 224 g/mol. The monoisotopic (exact) mass is 246 g/mol. The van der Waals surface area contributed by atoms with Gasteiger partial charge in [-0.2, -0.15) is 0 Å². The van der Waals surface area contributed by atoms with Gasteiger partial charge in [-0.1, -0.05) is 6.92 Å². The second-order valence-corrected chi connectivity index (χ2v) is 5.89. The first-order valence-corrected chi connectivity index (χ1v) is 7.53. The van der Waals surface area contributed by atoms with Crippen LogP contribution in [0.5, 0.6) is 0 Å². The number of carbonyl (C=O) groups is 1. The van der Waals surface area contributed by atoms with E-state index in [4.69, 9.17) is 0 Å². The molecule has 0 aromatic heterocycles. The number of nitrogens with zero attached hydrogens (tertiary/aromatic N) is 1. The maximum Gasteiger partial charge on any atom is 0.236 e. The quantitative estimate of drug-likeness (QED) is 0.629. The summed E-state index contributed by atoms with van der Waals surface area (Å²) < 4.78 is 11.1. The predicted molar refractivity (Wildman–Crippen MR) is 66.8 cm³/mol. The molecule has 1 rings (SSSR count). The summed E-state index contributed by atoms with van der Waals surface area (Å²) in [5.41, 5.74) is 0. The Morgan fingerprint density at radius 3 is 2.62 bits per heavy atom. The summed E-state index contributed by atoms with van der Waals surface area (Å²) in [5.74, 6) is 1.50. The van der Waals surface area contributed by atoms with Gasteiger partial charge in [0.2, 0.25) is 5.91 Å². The summed E-state index contributed by atoms with van der Waals surface area (Å²) >= 11 is 0. The standard InChI is InChI=1S/C11H22N2O2S/c1-3-13(10-5-6-10)11(14)9-12-7-8-16(15)4-2/h10,12H,3-9H2,1-2H3. The molecule has 0 heterocycles. The molecule has 94 valence electrons. The molecule has 1 fully saturated rings. The summed E-state index contributed by atoms with van der Waals surface area (Å²) in [6.07, 6.45) is 2.30. The van der Waals surface area contributed by atoms with Crippen LogP contribution in [0.25, 0.3) is 0 Å². The lowest BCUT2D eigenvalue weighted by atomic mass is 10.4. The molecule has 1 aliphatic carbocycles. The van der Waals surface area contributed by atoms with Crippen molar-refractivity contribution in [2.45, 2.75) is 32.7 Å². The van der Waals surface area contributed by atoms with Gasteiger partial charge >= 0.3 is 0 Å². The molecule has 16 heavy (non-hydrogen) atoms. The largest absolute Gasteiger partial charge is 0.339 e. The zero-order valence-corrected chi connectivity index (χ0v) is 11.0. The van der Waals surface area contributed by atoms with Gasteiger partial charge in [0.25, 0.3) is 0 Å². The van der Waals surface area contributed by atoms with Gasteiger partial charge in [-0.3, -0.25) is 9.00 Å². The molecule has 0 radical (unpaired) electrons. The van der Waals surface area contributed by atoms with Gasteiger partial charge in [-0.05, 0) is 19.8 Å². The molecular formula is C11H22N2O2S. The number of rotatable bonds is 8. The van der Waals surface area contributed by atoms with E-state index in [1.807, 2.05) is 18.7 Å². The highest BCUT2D eigenvalue weighted by atomic mass is 32.2. The first kappa shape index (κ1) is 13.6. The molecule has 1 atom stereocenters. The third-order valence-corrected chi connectivity index (χ3v) is 4.06. The normalized spacial score (nSPS) is 17.1. The third kappa shape index (κ3) is 4.61. The first-order valence-electron chi connectivity index (χ1n) is 6.04. The summed E-state index contributed by atoms with van der Waals surface area (Å²) in [5, 5.41) is 3.06. The van der Waals surface area contributed by atoms with Crippen LogP contribution < -0.4 is 5.32 Å². The van der Waals surface area contributed by atoms with Crippen molar-refractivity contribution in [2.75, 3.05) is 31.1 Å². The third-order valence-electron chi connectivity index (χ3n) is 2.75. The number of hydrogen-bond donors (Lipinski definition) is 1. The summed E-state index contributed by atoms with van der Waals surface area (Å²) in [7, 11) is -0.738. The van der Waals surface area contributed by atoms with E-state index < -0.39 is 10.8 Å². The minimum Gasteiger partial charge on any atom is -0.339 e. The van der Waals surface area contributed by atoms with Crippen LogP contribution in [0.1, 0.15) is 26.7 Å². The summed E-state index contributed by atoms with van der Waals surface area (Å²) in [4.78, 5) is 13.7. The SMILES string of the molecule is CCN(C(=O)CNCCS(=O)CC)C1CC1. The van der Waals surface area contributed by atoms with Gasteiger partial charge in [0.15, 0.2) is 0 Å². The Hall–Kier alpha value is -0.420. The molecule has 1 amide bonds. The fraction of sp³-hybridized carbons (Fsp3) is 0.909. The van der Waals surface area contributed by atoms with Crippen LogP contribution in [0.15, 0.2) is 0 Å². The zero-order valence-electron chi connectivity index (χ0n) is 10.2. The molecule has 1 aliphatic rings. The lowest BCUT2D eigenvalue weighted by Gasteiger charge is -2.20. The molecule has 4 nitrogen and oxygen atoms in total. The van der Waals surface area contributed by atoms with E-state index in [1.54, 1.807) is 0 Å². The number of amides is 1. The van der Waals surface area contributed by atoms with Crippen LogP contribution in [0.3, 0.4) is 0 Å². The van der Waals surface area contributed by atoms with E-state index in [0.29, 0.717) is 30.6 Å². The number of carbonyl (C=O) groups excluding carboxylic acids is 1. The summed E-state index contributed by atoms with van der Waals surface area (Å²) in [6, 6.07) is 0.490. The Morgan fingerprint density at radius 1 is 1.44 bits per heavy atom. The van der Waals surface area contributed by atoms with Crippen LogP contribution in [0.4, 0.5) is 0 Å². The molecule has 5 heteroatoms. The van der Waals surface area contributed by atoms with Gasteiger partial charge in [0.1, 0.15) is 0 Å². The number of hydrogen-bond acceptors (Lipinski definition) is 3. The molecule has 1 saturated carbocycles. The van der Waals surface area contributed by atoms with Crippen molar-refractivity contribution >= 4 is 16.7 Å². The Morgan fingerprint density at radius 2 is 2.12 bits per heavy atom. The average molecular weight is 246 g/mol. The Kier molecular flexibility index (Phi) is 5.98. The van der Waals surface area contributed by atoms with E-state index in [2.05, 4.69) is 5.32 Å². The van der Waals surface area contributed by atoms with Gasteiger partial charge in [0, 0.05) is 41.4 Å². The van der Waals surface area contributed by atoms with Crippen molar-refractivity contribution < 1.29 is 9.00 Å². The molecule has 0 saturated heterocycles. The molecule has 0 aromatic rings. The van der Waals surface area contributed by atoms with Crippen molar-refractivity contribution in [1.82, 2.24) is 10.2 Å². The van der Waals surface area contributed by atoms with Crippen LogP contribution in [-0.4, -0.2) is 52.2 Å². The van der Waals surface area contributed by atoms with Crippen LogP contribution in [0.2, 0.25) is 0 Å². The smallest absolute Gasteiger partial charge is 0.236 e. The van der Waals surface area contributed by atoms with Gasteiger partial charge in [-0.15, -0.1) is 0 Å². The fourth-order valence-corrected chi connectivity index (χ4v) is 2.31.